The summed E-state index contributed by atoms with van der Waals surface area (Å²) in [5.74, 6) is 0. The molecule has 0 atom stereocenters. The molecule has 1 aliphatic carbocycles. The smallest absolute Gasteiger partial charge is 0.138 e. The lowest BCUT2D eigenvalue weighted by molar-refractivity contribution is 1.41. The SMILES string of the molecule is Clc1nc2cccccc-2c1-c1ccccc1. The number of fused-ring (bicyclic) bond motifs is 1. The van der Waals surface area contributed by atoms with Gasteiger partial charge in [0.15, 0.2) is 0 Å². The van der Waals surface area contributed by atoms with E-state index in [9.17, 15) is 0 Å². The maximum atomic E-state index is 6.23. The van der Waals surface area contributed by atoms with E-state index in [-0.39, 0.29) is 0 Å². The third-order valence-corrected chi connectivity index (χ3v) is 3.05. The summed E-state index contributed by atoms with van der Waals surface area (Å²) >= 11 is 6.23. The summed E-state index contributed by atoms with van der Waals surface area (Å²) in [6.45, 7) is 0. The van der Waals surface area contributed by atoms with Crippen molar-refractivity contribution in [2.75, 3.05) is 0 Å². The van der Waals surface area contributed by atoms with Crippen molar-refractivity contribution in [1.82, 2.24) is 4.98 Å². The number of hydrogen-bond acceptors (Lipinski definition) is 1. The fourth-order valence-corrected chi connectivity index (χ4v) is 2.30. The molecule has 17 heavy (non-hydrogen) atoms. The molecule has 1 aliphatic heterocycles. The highest BCUT2D eigenvalue weighted by Crippen LogP contribution is 2.38. The summed E-state index contributed by atoms with van der Waals surface area (Å²) in [6, 6.07) is 20.1. The van der Waals surface area contributed by atoms with Crippen LogP contribution in [0.2, 0.25) is 5.15 Å². The number of rotatable bonds is 1. The van der Waals surface area contributed by atoms with Gasteiger partial charge in [-0.1, -0.05) is 66.2 Å². The van der Waals surface area contributed by atoms with Gasteiger partial charge in [0.1, 0.15) is 5.15 Å². The Morgan fingerprint density at radius 3 is 2.18 bits per heavy atom. The molecule has 1 aromatic carbocycles. The van der Waals surface area contributed by atoms with Crippen LogP contribution in [0.4, 0.5) is 0 Å². The highest BCUT2D eigenvalue weighted by molar-refractivity contribution is 6.33. The maximum Gasteiger partial charge on any atom is 0.138 e. The lowest BCUT2D eigenvalue weighted by Crippen LogP contribution is -1.76. The molecule has 0 fully saturated rings. The van der Waals surface area contributed by atoms with E-state index in [0.29, 0.717) is 5.15 Å². The second-order valence-electron chi connectivity index (χ2n) is 3.85. The molecule has 0 aromatic heterocycles. The van der Waals surface area contributed by atoms with Gasteiger partial charge in [0.2, 0.25) is 0 Å². The van der Waals surface area contributed by atoms with Crippen molar-refractivity contribution in [2.45, 2.75) is 0 Å². The number of benzene rings is 1. The predicted octanol–water partition coefficient (Wildman–Crippen LogP) is 4.51. The minimum atomic E-state index is 0.567. The van der Waals surface area contributed by atoms with Gasteiger partial charge in [-0.05, 0) is 11.6 Å². The van der Waals surface area contributed by atoms with Crippen LogP contribution < -0.4 is 0 Å². The van der Waals surface area contributed by atoms with Crippen LogP contribution in [0.25, 0.3) is 22.4 Å². The van der Waals surface area contributed by atoms with Crippen molar-refractivity contribution in [1.29, 1.82) is 0 Å². The minimum Gasteiger partial charge on any atom is -0.235 e. The van der Waals surface area contributed by atoms with Crippen molar-refractivity contribution in [3.63, 3.8) is 0 Å². The van der Waals surface area contributed by atoms with E-state index in [1.807, 2.05) is 42.5 Å². The summed E-state index contributed by atoms with van der Waals surface area (Å²) < 4.78 is 0. The maximum absolute atomic E-state index is 6.23. The van der Waals surface area contributed by atoms with Crippen LogP contribution in [0, 0.1) is 0 Å². The number of nitrogens with zero attached hydrogens (tertiary/aromatic N) is 1. The quantitative estimate of drug-likeness (QED) is 0.609. The predicted molar refractivity (Wildman–Crippen MR) is 71.3 cm³/mol. The molecular formula is C15H10ClN. The molecule has 0 saturated carbocycles. The van der Waals surface area contributed by atoms with Gasteiger partial charge in [-0.2, -0.15) is 0 Å². The minimum absolute atomic E-state index is 0.567. The molecule has 0 N–H and O–H groups in total. The van der Waals surface area contributed by atoms with Crippen molar-refractivity contribution < 1.29 is 0 Å². The van der Waals surface area contributed by atoms with Crippen LogP contribution in [0.3, 0.4) is 0 Å². The second kappa shape index (κ2) is 4.19. The fourth-order valence-electron chi connectivity index (χ4n) is 2.00. The van der Waals surface area contributed by atoms with Crippen LogP contribution in [0.1, 0.15) is 0 Å². The first-order valence-corrected chi connectivity index (χ1v) is 5.84. The van der Waals surface area contributed by atoms with E-state index >= 15 is 0 Å². The molecule has 0 unspecified atom stereocenters. The molecule has 3 rings (SSSR count). The van der Waals surface area contributed by atoms with Gasteiger partial charge in [-0.15, -0.1) is 0 Å². The molecule has 0 saturated heterocycles. The first kappa shape index (κ1) is 10.3. The Kier molecular flexibility index (Phi) is 2.54. The van der Waals surface area contributed by atoms with Crippen molar-refractivity contribution in [3.8, 4) is 22.4 Å². The van der Waals surface area contributed by atoms with Gasteiger partial charge in [0.25, 0.3) is 0 Å². The highest BCUT2D eigenvalue weighted by atomic mass is 35.5. The molecule has 0 amide bonds. The molecule has 2 aliphatic rings. The van der Waals surface area contributed by atoms with E-state index in [4.69, 9.17) is 11.6 Å². The van der Waals surface area contributed by atoms with Crippen molar-refractivity contribution in [2.24, 2.45) is 0 Å². The lowest BCUT2D eigenvalue weighted by Gasteiger charge is -2.00. The summed E-state index contributed by atoms with van der Waals surface area (Å²) in [6.07, 6.45) is 0. The zero-order chi connectivity index (χ0) is 11.7. The van der Waals surface area contributed by atoms with E-state index < -0.39 is 0 Å². The molecule has 82 valence electrons. The summed E-state index contributed by atoms with van der Waals surface area (Å²) in [7, 11) is 0. The summed E-state index contributed by atoms with van der Waals surface area (Å²) in [5, 5.41) is 0.567. The van der Waals surface area contributed by atoms with E-state index in [2.05, 4.69) is 23.2 Å². The van der Waals surface area contributed by atoms with E-state index in [0.717, 1.165) is 22.4 Å². The molecule has 1 heterocycles. The van der Waals surface area contributed by atoms with E-state index in [1.54, 1.807) is 0 Å². The van der Waals surface area contributed by atoms with Crippen LogP contribution in [-0.2, 0) is 0 Å². The monoisotopic (exact) mass is 239 g/mol. The Bertz CT molecular complexity index is 619. The Hall–Kier alpha value is -1.86. The average Bonchev–Trinajstić information content (AvgIpc) is 2.52. The van der Waals surface area contributed by atoms with Crippen LogP contribution in [0.15, 0.2) is 60.7 Å². The third kappa shape index (κ3) is 1.79. The molecule has 1 aromatic rings. The van der Waals surface area contributed by atoms with Gasteiger partial charge in [0, 0.05) is 11.1 Å². The van der Waals surface area contributed by atoms with Crippen molar-refractivity contribution >= 4 is 11.6 Å². The van der Waals surface area contributed by atoms with Gasteiger partial charge >= 0.3 is 0 Å². The zero-order valence-corrected chi connectivity index (χ0v) is 9.85. The van der Waals surface area contributed by atoms with Crippen LogP contribution >= 0.6 is 11.6 Å². The van der Waals surface area contributed by atoms with Gasteiger partial charge < -0.3 is 0 Å². The fraction of sp³-hybridized carbons (Fsp3) is 0. The Morgan fingerprint density at radius 1 is 0.765 bits per heavy atom. The van der Waals surface area contributed by atoms with Crippen LogP contribution in [-0.4, -0.2) is 4.98 Å². The number of halogens is 1. The Labute approximate surface area is 105 Å². The van der Waals surface area contributed by atoms with Crippen LogP contribution in [0.5, 0.6) is 0 Å². The zero-order valence-electron chi connectivity index (χ0n) is 9.10. The molecule has 0 spiro atoms. The van der Waals surface area contributed by atoms with Gasteiger partial charge in [-0.25, -0.2) is 4.98 Å². The number of aromatic nitrogens is 1. The summed E-state index contributed by atoms with van der Waals surface area (Å²) in [5.41, 5.74) is 4.13. The molecule has 2 heteroatoms. The van der Waals surface area contributed by atoms with Gasteiger partial charge in [-0.3, -0.25) is 0 Å². The largest absolute Gasteiger partial charge is 0.235 e. The van der Waals surface area contributed by atoms with E-state index in [1.165, 1.54) is 0 Å². The first-order chi connectivity index (χ1) is 8.36. The topological polar surface area (TPSA) is 12.9 Å². The van der Waals surface area contributed by atoms with Crippen molar-refractivity contribution in [3.05, 3.63) is 65.8 Å². The number of hydrogen-bond donors (Lipinski definition) is 0. The van der Waals surface area contributed by atoms with Gasteiger partial charge in [0.05, 0.1) is 5.69 Å². The first-order valence-electron chi connectivity index (χ1n) is 5.46. The molecule has 0 bridgehead atoms. The highest BCUT2D eigenvalue weighted by Gasteiger charge is 2.16. The normalized spacial score (nSPS) is 10.6. The Balaban J connectivity index is 2.30. The second-order valence-corrected chi connectivity index (χ2v) is 4.21. The third-order valence-electron chi connectivity index (χ3n) is 2.77. The summed E-state index contributed by atoms with van der Waals surface area (Å²) in [4.78, 5) is 4.39. The average molecular weight is 240 g/mol. The molecule has 0 radical (unpaired) electrons. The Morgan fingerprint density at radius 2 is 1.41 bits per heavy atom. The standard InChI is InChI=1S/C15H10ClN/c16-15-14(11-7-3-1-4-8-11)12-9-5-2-6-10-13(12)17-15/h1-10H. The molecule has 1 nitrogen and oxygen atoms in total. The molecular weight excluding hydrogens is 230 g/mol. The lowest BCUT2D eigenvalue weighted by atomic mass is 10.0.